The molecule has 1 atom stereocenters. The van der Waals surface area contributed by atoms with Crippen LogP contribution >= 0.6 is 0 Å². The molecular formula is C17H27NO3. The van der Waals surface area contributed by atoms with Gasteiger partial charge in [0.1, 0.15) is 11.5 Å². The molecule has 0 heterocycles. The Morgan fingerprint density at radius 1 is 1.29 bits per heavy atom. The van der Waals surface area contributed by atoms with Crippen LogP contribution in [0, 0.1) is 5.92 Å². The van der Waals surface area contributed by atoms with Crippen molar-refractivity contribution in [1.29, 1.82) is 0 Å². The van der Waals surface area contributed by atoms with Gasteiger partial charge in [0.15, 0.2) is 6.79 Å². The van der Waals surface area contributed by atoms with Crippen LogP contribution in [0.3, 0.4) is 0 Å². The van der Waals surface area contributed by atoms with Gasteiger partial charge in [-0.15, -0.1) is 0 Å². The molecule has 0 aliphatic heterocycles. The smallest absolute Gasteiger partial charge is 0.189 e. The molecule has 2 N–H and O–H groups in total. The van der Waals surface area contributed by atoms with Gasteiger partial charge >= 0.3 is 0 Å². The summed E-state index contributed by atoms with van der Waals surface area (Å²) >= 11 is 0. The fraction of sp³-hybridized carbons (Fsp3) is 0.647. The van der Waals surface area contributed by atoms with Crippen molar-refractivity contribution in [3.63, 3.8) is 0 Å². The first-order chi connectivity index (χ1) is 10.2. The fourth-order valence-corrected chi connectivity index (χ4v) is 2.10. The van der Waals surface area contributed by atoms with Gasteiger partial charge in [-0.1, -0.05) is 13.0 Å². The minimum atomic E-state index is 0.0992. The number of nitrogens with two attached hydrogens (primary N) is 1. The Bertz CT molecular complexity index is 430. The summed E-state index contributed by atoms with van der Waals surface area (Å²) in [5.41, 5.74) is 7.00. The SMILES string of the molecule is CCCOc1ccc(CC(C)N)c(OCOCC2CC2)c1. The minimum Gasteiger partial charge on any atom is -0.493 e. The standard InChI is InChI=1S/C17H27NO3/c1-3-8-20-16-7-6-15(9-13(2)18)17(10-16)21-12-19-11-14-4-5-14/h6-7,10,13-14H,3-5,8-9,11-12,18H2,1-2H3. The third-order valence-corrected chi connectivity index (χ3v) is 3.40. The summed E-state index contributed by atoms with van der Waals surface area (Å²) in [5, 5.41) is 0. The first kappa shape index (κ1) is 16.1. The average molecular weight is 293 g/mol. The zero-order chi connectivity index (χ0) is 15.1. The second-order valence-electron chi connectivity index (χ2n) is 5.88. The lowest BCUT2D eigenvalue weighted by Crippen LogP contribution is -2.18. The Morgan fingerprint density at radius 2 is 2.10 bits per heavy atom. The minimum absolute atomic E-state index is 0.0992. The summed E-state index contributed by atoms with van der Waals surface area (Å²) in [7, 11) is 0. The Kier molecular flexibility index (Phi) is 6.33. The molecule has 0 bridgehead atoms. The van der Waals surface area contributed by atoms with Crippen LogP contribution in [0.1, 0.15) is 38.7 Å². The molecule has 0 amide bonds. The van der Waals surface area contributed by atoms with Gasteiger partial charge in [0, 0.05) is 12.1 Å². The Labute approximate surface area is 127 Å². The van der Waals surface area contributed by atoms with Crippen molar-refractivity contribution in [2.75, 3.05) is 20.0 Å². The van der Waals surface area contributed by atoms with Gasteiger partial charge in [0.05, 0.1) is 13.2 Å². The van der Waals surface area contributed by atoms with E-state index < -0.39 is 0 Å². The number of hydrogen-bond donors (Lipinski definition) is 1. The summed E-state index contributed by atoms with van der Waals surface area (Å²) in [6.45, 7) is 5.89. The first-order valence-corrected chi connectivity index (χ1v) is 7.91. The lowest BCUT2D eigenvalue weighted by Gasteiger charge is -2.15. The molecule has 4 heteroatoms. The van der Waals surface area contributed by atoms with Crippen LogP contribution in [-0.2, 0) is 11.2 Å². The van der Waals surface area contributed by atoms with E-state index in [1.165, 1.54) is 12.8 Å². The second kappa shape index (κ2) is 8.25. The molecule has 21 heavy (non-hydrogen) atoms. The van der Waals surface area contributed by atoms with Gasteiger partial charge in [-0.3, -0.25) is 0 Å². The molecule has 0 spiro atoms. The molecule has 0 saturated heterocycles. The number of benzene rings is 1. The van der Waals surface area contributed by atoms with E-state index in [4.69, 9.17) is 19.9 Å². The molecule has 1 aromatic carbocycles. The Balaban J connectivity index is 1.93. The highest BCUT2D eigenvalue weighted by Crippen LogP contribution is 2.29. The van der Waals surface area contributed by atoms with E-state index in [-0.39, 0.29) is 6.04 Å². The largest absolute Gasteiger partial charge is 0.493 e. The first-order valence-electron chi connectivity index (χ1n) is 7.91. The van der Waals surface area contributed by atoms with Crippen LogP contribution in [0.15, 0.2) is 18.2 Å². The van der Waals surface area contributed by atoms with Crippen molar-refractivity contribution in [1.82, 2.24) is 0 Å². The van der Waals surface area contributed by atoms with Gasteiger partial charge < -0.3 is 19.9 Å². The van der Waals surface area contributed by atoms with E-state index in [1.807, 2.05) is 25.1 Å². The fourth-order valence-electron chi connectivity index (χ4n) is 2.10. The van der Waals surface area contributed by atoms with Crippen molar-refractivity contribution in [3.05, 3.63) is 23.8 Å². The molecule has 1 aliphatic rings. The van der Waals surface area contributed by atoms with E-state index in [2.05, 4.69) is 6.92 Å². The number of hydrogen-bond acceptors (Lipinski definition) is 4. The summed E-state index contributed by atoms with van der Waals surface area (Å²) in [6.07, 6.45) is 4.35. The molecule has 4 nitrogen and oxygen atoms in total. The molecule has 1 aliphatic carbocycles. The second-order valence-corrected chi connectivity index (χ2v) is 5.88. The van der Waals surface area contributed by atoms with Gasteiger partial charge in [-0.25, -0.2) is 0 Å². The van der Waals surface area contributed by atoms with Crippen LogP contribution in [0.2, 0.25) is 0 Å². The molecule has 1 saturated carbocycles. The highest BCUT2D eigenvalue weighted by atomic mass is 16.7. The third kappa shape index (κ3) is 5.94. The maximum Gasteiger partial charge on any atom is 0.189 e. The Hall–Kier alpha value is -1.26. The topological polar surface area (TPSA) is 53.7 Å². The highest BCUT2D eigenvalue weighted by Gasteiger charge is 2.21. The molecule has 1 fully saturated rings. The van der Waals surface area contributed by atoms with Crippen molar-refractivity contribution < 1.29 is 14.2 Å². The highest BCUT2D eigenvalue weighted by molar-refractivity contribution is 5.41. The lowest BCUT2D eigenvalue weighted by atomic mass is 10.1. The van der Waals surface area contributed by atoms with Crippen LogP contribution in [-0.4, -0.2) is 26.0 Å². The predicted octanol–water partition coefficient (Wildman–Crippen LogP) is 3.13. The van der Waals surface area contributed by atoms with Crippen molar-refractivity contribution in [2.45, 2.75) is 45.6 Å². The third-order valence-electron chi connectivity index (χ3n) is 3.40. The van der Waals surface area contributed by atoms with E-state index in [0.29, 0.717) is 13.4 Å². The summed E-state index contributed by atoms with van der Waals surface area (Å²) in [5.74, 6) is 2.40. The van der Waals surface area contributed by atoms with Gasteiger partial charge in [-0.05, 0) is 50.2 Å². The summed E-state index contributed by atoms with van der Waals surface area (Å²) in [6, 6.07) is 6.05. The monoisotopic (exact) mass is 293 g/mol. The average Bonchev–Trinajstić information content (AvgIpc) is 3.27. The number of ether oxygens (including phenoxy) is 3. The molecule has 0 aromatic heterocycles. The van der Waals surface area contributed by atoms with Crippen molar-refractivity contribution in [2.24, 2.45) is 11.7 Å². The molecule has 1 aromatic rings. The molecule has 2 rings (SSSR count). The van der Waals surface area contributed by atoms with E-state index in [0.717, 1.165) is 42.4 Å². The maximum atomic E-state index is 5.90. The molecular weight excluding hydrogens is 266 g/mol. The van der Waals surface area contributed by atoms with E-state index in [9.17, 15) is 0 Å². The normalized spacial score (nSPS) is 15.8. The van der Waals surface area contributed by atoms with Crippen molar-refractivity contribution >= 4 is 0 Å². The van der Waals surface area contributed by atoms with Crippen LogP contribution < -0.4 is 15.2 Å². The quantitative estimate of drug-likeness (QED) is 0.532. The van der Waals surface area contributed by atoms with Crippen LogP contribution in [0.4, 0.5) is 0 Å². The van der Waals surface area contributed by atoms with Gasteiger partial charge in [0.2, 0.25) is 0 Å². The van der Waals surface area contributed by atoms with Crippen molar-refractivity contribution in [3.8, 4) is 11.5 Å². The van der Waals surface area contributed by atoms with E-state index >= 15 is 0 Å². The zero-order valence-corrected chi connectivity index (χ0v) is 13.1. The van der Waals surface area contributed by atoms with E-state index in [1.54, 1.807) is 0 Å². The molecule has 1 unspecified atom stereocenters. The predicted molar refractivity (Wildman–Crippen MR) is 83.8 cm³/mol. The maximum absolute atomic E-state index is 5.90. The zero-order valence-electron chi connectivity index (χ0n) is 13.1. The molecule has 0 radical (unpaired) electrons. The summed E-state index contributed by atoms with van der Waals surface area (Å²) < 4.78 is 17.0. The number of rotatable bonds is 10. The summed E-state index contributed by atoms with van der Waals surface area (Å²) in [4.78, 5) is 0. The lowest BCUT2D eigenvalue weighted by molar-refractivity contribution is 0.00932. The van der Waals surface area contributed by atoms with Gasteiger partial charge in [-0.2, -0.15) is 0 Å². The Morgan fingerprint density at radius 3 is 2.76 bits per heavy atom. The van der Waals surface area contributed by atoms with Gasteiger partial charge in [0.25, 0.3) is 0 Å². The molecule has 118 valence electrons. The van der Waals surface area contributed by atoms with Crippen LogP contribution in [0.25, 0.3) is 0 Å². The van der Waals surface area contributed by atoms with Crippen LogP contribution in [0.5, 0.6) is 11.5 Å².